The predicted octanol–water partition coefficient (Wildman–Crippen LogP) is -1.02. The Balaban J connectivity index is 2.13. The van der Waals surface area contributed by atoms with Crippen molar-refractivity contribution in [1.82, 2.24) is 10.2 Å². The van der Waals surface area contributed by atoms with Gasteiger partial charge in [0.2, 0.25) is 5.91 Å². The Morgan fingerprint density at radius 1 is 1.53 bits per heavy atom. The molecule has 0 aromatic carbocycles. The Morgan fingerprint density at radius 2 is 2.21 bits per heavy atom. The van der Waals surface area contributed by atoms with Crippen LogP contribution in [0.5, 0.6) is 0 Å². The second kappa shape index (κ2) is 5.40. The normalized spacial score (nSPS) is 39.6. The summed E-state index contributed by atoms with van der Waals surface area (Å²) >= 11 is 0. The summed E-state index contributed by atoms with van der Waals surface area (Å²) in [5.74, 6) is -0.824. The van der Waals surface area contributed by atoms with Crippen molar-refractivity contribution in [3.63, 3.8) is 0 Å². The number of alkyl halides is 1. The fourth-order valence-electron chi connectivity index (χ4n) is 2.32. The van der Waals surface area contributed by atoms with E-state index in [1.54, 1.807) is 6.92 Å². The molecule has 0 aliphatic carbocycles. The van der Waals surface area contributed by atoms with Crippen molar-refractivity contribution in [3.8, 4) is 0 Å². The second-order valence-electron chi connectivity index (χ2n) is 4.73. The van der Waals surface area contributed by atoms with Crippen molar-refractivity contribution in [2.45, 2.75) is 38.0 Å². The van der Waals surface area contributed by atoms with Crippen LogP contribution >= 0.6 is 0 Å². The summed E-state index contributed by atoms with van der Waals surface area (Å²) in [7, 11) is 0. The zero-order valence-electron chi connectivity index (χ0n) is 10.5. The molecule has 3 N–H and O–H groups in total. The van der Waals surface area contributed by atoms with E-state index in [-0.39, 0.29) is 6.54 Å². The summed E-state index contributed by atoms with van der Waals surface area (Å²) in [4.78, 5) is 24.2. The molecule has 0 spiro atoms. The molecule has 0 aromatic rings. The zero-order valence-corrected chi connectivity index (χ0v) is 10.5. The van der Waals surface area contributed by atoms with Crippen LogP contribution in [-0.2, 0) is 9.53 Å². The van der Waals surface area contributed by atoms with Gasteiger partial charge in [0.05, 0.1) is 12.5 Å². The van der Waals surface area contributed by atoms with Crippen LogP contribution in [0.15, 0.2) is 0 Å². The molecule has 3 amide bonds. The average Bonchev–Trinajstić information content (AvgIpc) is 2.67. The molecular formula is C11H17FN2O5. The maximum absolute atomic E-state index is 13.9. The monoisotopic (exact) mass is 276 g/mol. The molecule has 1 unspecified atom stereocenters. The van der Waals surface area contributed by atoms with Gasteiger partial charge in [0.1, 0.15) is 12.2 Å². The van der Waals surface area contributed by atoms with Gasteiger partial charge >= 0.3 is 6.03 Å². The summed E-state index contributed by atoms with van der Waals surface area (Å²) in [6.45, 7) is 1.28. The van der Waals surface area contributed by atoms with Crippen molar-refractivity contribution >= 4 is 11.9 Å². The Labute approximate surface area is 109 Å². The molecule has 2 saturated heterocycles. The van der Waals surface area contributed by atoms with E-state index < -0.39 is 49.1 Å². The molecule has 0 aromatic heterocycles. The molecule has 108 valence electrons. The molecule has 8 heteroatoms. The zero-order chi connectivity index (χ0) is 14.2. The van der Waals surface area contributed by atoms with E-state index in [2.05, 4.69) is 5.32 Å². The fraction of sp³-hybridized carbons (Fsp3) is 0.818. The van der Waals surface area contributed by atoms with E-state index in [4.69, 9.17) is 9.84 Å². The fourth-order valence-corrected chi connectivity index (χ4v) is 2.32. The molecule has 0 saturated carbocycles. The minimum absolute atomic E-state index is 0.0388. The van der Waals surface area contributed by atoms with Crippen molar-refractivity contribution in [3.05, 3.63) is 0 Å². The van der Waals surface area contributed by atoms with Crippen molar-refractivity contribution < 1.29 is 28.9 Å². The number of nitrogens with zero attached hydrogens (tertiary/aromatic N) is 1. The first-order chi connectivity index (χ1) is 8.99. The Hall–Kier alpha value is -1.25. The summed E-state index contributed by atoms with van der Waals surface area (Å²) in [5.41, 5.74) is 0. The topological polar surface area (TPSA) is 99.1 Å². The van der Waals surface area contributed by atoms with Crippen LogP contribution < -0.4 is 5.32 Å². The van der Waals surface area contributed by atoms with Gasteiger partial charge in [-0.15, -0.1) is 0 Å². The minimum Gasteiger partial charge on any atom is -0.394 e. The predicted molar refractivity (Wildman–Crippen MR) is 60.7 cm³/mol. The number of carbonyl (C=O) groups is 2. The molecule has 2 fully saturated rings. The number of urea groups is 1. The molecule has 0 radical (unpaired) electrons. The van der Waals surface area contributed by atoms with Gasteiger partial charge in [0.25, 0.3) is 0 Å². The minimum atomic E-state index is -1.81. The molecule has 0 bridgehead atoms. The van der Waals surface area contributed by atoms with Gasteiger partial charge in [-0.25, -0.2) is 9.18 Å². The maximum Gasteiger partial charge on any atom is 0.326 e. The Morgan fingerprint density at radius 3 is 2.74 bits per heavy atom. The number of aliphatic hydroxyl groups excluding tert-OH is 2. The Bertz CT molecular complexity index is 380. The van der Waals surface area contributed by atoms with Crippen LogP contribution in [0.3, 0.4) is 0 Å². The van der Waals surface area contributed by atoms with Crippen LogP contribution in [0.2, 0.25) is 0 Å². The molecule has 2 aliphatic rings. The molecule has 19 heavy (non-hydrogen) atoms. The first-order valence-electron chi connectivity index (χ1n) is 6.19. The lowest BCUT2D eigenvalue weighted by Crippen LogP contribution is -2.59. The van der Waals surface area contributed by atoms with Gasteiger partial charge in [-0.05, 0) is 6.42 Å². The summed E-state index contributed by atoms with van der Waals surface area (Å²) in [5, 5.41) is 20.6. The van der Waals surface area contributed by atoms with E-state index >= 15 is 0 Å². The number of hydrogen-bond acceptors (Lipinski definition) is 5. The largest absolute Gasteiger partial charge is 0.394 e. The lowest BCUT2D eigenvalue weighted by molar-refractivity contribution is -0.130. The third kappa shape index (κ3) is 2.43. The van der Waals surface area contributed by atoms with Gasteiger partial charge in [0.15, 0.2) is 12.4 Å². The number of halogens is 1. The highest BCUT2D eigenvalue weighted by atomic mass is 19.1. The SMILES string of the molecule is CCC1CN([C@H]2O[C@H](CO)[C@@H](O)[C@@H]2F)C(=O)NC1=O. The summed E-state index contributed by atoms with van der Waals surface area (Å²) < 4.78 is 19.1. The van der Waals surface area contributed by atoms with Crippen molar-refractivity contribution in [2.75, 3.05) is 13.2 Å². The lowest BCUT2D eigenvalue weighted by atomic mass is 10.0. The molecule has 2 aliphatic heterocycles. The van der Waals surface area contributed by atoms with Gasteiger partial charge < -0.3 is 14.9 Å². The van der Waals surface area contributed by atoms with Gasteiger partial charge in [-0.1, -0.05) is 6.92 Å². The maximum atomic E-state index is 13.9. The van der Waals surface area contributed by atoms with Crippen molar-refractivity contribution in [2.24, 2.45) is 5.92 Å². The number of aliphatic hydroxyl groups is 2. The second-order valence-corrected chi connectivity index (χ2v) is 4.73. The molecule has 2 heterocycles. The highest BCUT2D eigenvalue weighted by Crippen LogP contribution is 2.28. The van der Waals surface area contributed by atoms with Gasteiger partial charge in [-0.3, -0.25) is 15.0 Å². The molecule has 5 atom stereocenters. The van der Waals surface area contributed by atoms with E-state index in [0.29, 0.717) is 6.42 Å². The lowest BCUT2D eigenvalue weighted by Gasteiger charge is -2.35. The molecule has 7 nitrogen and oxygen atoms in total. The van der Waals surface area contributed by atoms with Crippen LogP contribution in [0, 0.1) is 5.92 Å². The molecule has 2 rings (SSSR count). The van der Waals surface area contributed by atoms with E-state index in [9.17, 15) is 19.1 Å². The van der Waals surface area contributed by atoms with Crippen LogP contribution in [0.25, 0.3) is 0 Å². The van der Waals surface area contributed by atoms with Gasteiger partial charge in [-0.2, -0.15) is 0 Å². The van der Waals surface area contributed by atoms with Crippen LogP contribution in [0.4, 0.5) is 9.18 Å². The van der Waals surface area contributed by atoms with Gasteiger partial charge in [0, 0.05) is 6.54 Å². The number of rotatable bonds is 3. The Kier molecular flexibility index (Phi) is 4.02. The summed E-state index contributed by atoms with van der Waals surface area (Å²) in [6.07, 6.45) is -5.14. The quantitative estimate of drug-likeness (QED) is 0.613. The van der Waals surface area contributed by atoms with E-state index in [1.165, 1.54) is 0 Å². The third-order valence-electron chi connectivity index (χ3n) is 3.55. The van der Waals surface area contributed by atoms with Crippen molar-refractivity contribution in [1.29, 1.82) is 0 Å². The number of carbonyl (C=O) groups excluding carboxylic acids is 2. The molecular weight excluding hydrogens is 259 g/mol. The van der Waals surface area contributed by atoms with Crippen LogP contribution in [-0.4, -0.2) is 64.8 Å². The first kappa shape index (κ1) is 14.2. The number of hydrogen-bond donors (Lipinski definition) is 3. The number of nitrogens with one attached hydrogen (secondary N) is 1. The first-order valence-corrected chi connectivity index (χ1v) is 6.19. The van der Waals surface area contributed by atoms with E-state index in [1.807, 2.05) is 0 Å². The smallest absolute Gasteiger partial charge is 0.326 e. The van der Waals surface area contributed by atoms with Crippen LogP contribution in [0.1, 0.15) is 13.3 Å². The standard InChI is InChI=1S/C11H17FN2O5/c1-2-5-3-14(11(18)13-9(5)17)10-7(12)8(16)6(4-15)19-10/h5-8,10,15-16H,2-4H2,1H3,(H,13,17,18)/t5?,6-,7+,8-,10+/m1/s1. The highest BCUT2D eigenvalue weighted by molar-refractivity contribution is 5.98. The number of ether oxygens (including phenoxy) is 1. The number of imide groups is 1. The van der Waals surface area contributed by atoms with E-state index in [0.717, 1.165) is 4.90 Å². The number of amides is 3. The summed E-state index contributed by atoms with van der Waals surface area (Å²) in [6, 6.07) is -0.742. The third-order valence-corrected chi connectivity index (χ3v) is 3.55. The highest BCUT2D eigenvalue weighted by Gasteiger charge is 2.49. The average molecular weight is 276 g/mol.